The zero-order chi connectivity index (χ0) is 40.7. The first-order chi connectivity index (χ1) is 26.6. The maximum atomic E-state index is 12.6. The van der Waals surface area contributed by atoms with Gasteiger partial charge in [-0.3, -0.25) is 18.6 Å². The van der Waals surface area contributed by atoms with Gasteiger partial charge >= 0.3 is 19.8 Å². The number of hydrogen-bond acceptors (Lipinski definition) is 10. The quantitative estimate of drug-likeness (QED) is 0.0201. The Morgan fingerprint density at radius 3 is 1.71 bits per heavy atom. The largest absolute Gasteiger partial charge is 0.472 e. The summed E-state index contributed by atoms with van der Waals surface area (Å²) in [7, 11) is -4.42. The summed E-state index contributed by atoms with van der Waals surface area (Å²) in [4.78, 5) is 34.9. The Morgan fingerprint density at radius 2 is 1.13 bits per heavy atom. The Kier molecular flexibility index (Phi) is 37.7. The summed E-state index contributed by atoms with van der Waals surface area (Å²) in [6, 6.07) is 0. The maximum absolute atomic E-state index is 12.6. The lowest BCUT2D eigenvalue weighted by atomic mass is 10.0. The van der Waals surface area contributed by atoms with Gasteiger partial charge in [0.15, 0.2) is 6.10 Å². The van der Waals surface area contributed by atoms with Gasteiger partial charge in [0.2, 0.25) is 0 Å². The molecule has 0 amide bonds. The fraction of sp³-hybridized carbons (Fsp3) is 0.814. The molecule has 0 bridgehead atoms. The van der Waals surface area contributed by atoms with Crippen molar-refractivity contribution in [3.05, 3.63) is 36.5 Å². The van der Waals surface area contributed by atoms with Crippen molar-refractivity contribution in [2.24, 2.45) is 5.73 Å². The lowest BCUT2D eigenvalue weighted by Gasteiger charge is -2.20. The third-order valence-corrected chi connectivity index (χ3v) is 10.2. The molecule has 0 heterocycles. The molecule has 0 aliphatic carbocycles. The van der Waals surface area contributed by atoms with Gasteiger partial charge in [-0.1, -0.05) is 134 Å². The summed E-state index contributed by atoms with van der Waals surface area (Å²) in [5, 5.41) is 20.4. The number of rotatable bonds is 40. The van der Waals surface area contributed by atoms with Gasteiger partial charge in [0, 0.05) is 19.4 Å². The number of unbranched alkanes of at least 4 members (excludes halogenated alkanes) is 17. The number of carbonyl (C=O) groups is 2. The van der Waals surface area contributed by atoms with Crippen LogP contribution >= 0.6 is 7.82 Å². The molecule has 1 unspecified atom stereocenters. The van der Waals surface area contributed by atoms with E-state index in [1.165, 1.54) is 57.8 Å². The van der Waals surface area contributed by atoms with Crippen molar-refractivity contribution in [2.45, 2.75) is 199 Å². The van der Waals surface area contributed by atoms with Crippen LogP contribution in [0.15, 0.2) is 36.5 Å². The smallest absolute Gasteiger partial charge is 0.462 e. The SMILES string of the molecule is CCCCC/C=C\C/C=C\CCCCCCCCCC(=O)OC[C@H](COP(=O)(O)OCCN)OC(=O)CCCCCCC[C@H](O)[C@@H](O)C/C=C\CCCCC. The second-order valence-electron chi connectivity index (χ2n) is 14.5. The lowest BCUT2D eigenvalue weighted by molar-refractivity contribution is -0.161. The number of ether oxygens (including phenoxy) is 2. The van der Waals surface area contributed by atoms with Crippen LogP contribution < -0.4 is 5.73 Å². The second kappa shape index (κ2) is 39.0. The molecule has 4 atom stereocenters. The van der Waals surface area contributed by atoms with E-state index in [1.54, 1.807) is 0 Å². The summed E-state index contributed by atoms with van der Waals surface area (Å²) < 4.78 is 32.7. The van der Waals surface area contributed by atoms with Crippen LogP contribution in [0.4, 0.5) is 0 Å². The maximum Gasteiger partial charge on any atom is 0.472 e. The van der Waals surface area contributed by atoms with Crippen molar-refractivity contribution in [3.8, 4) is 0 Å². The minimum Gasteiger partial charge on any atom is -0.462 e. The molecule has 0 fully saturated rings. The summed E-state index contributed by atoms with van der Waals surface area (Å²) >= 11 is 0. The van der Waals surface area contributed by atoms with Gasteiger partial charge in [0.25, 0.3) is 0 Å². The van der Waals surface area contributed by atoms with Crippen LogP contribution in [0.25, 0.3) is 0 Å². The van der Waals surface area contributed by atoms with E-state index in [0.717, 1.165) is 70.6 Å². The van der Waals surface area contributed by atoms with Crippen molar-refractivity contribution >= 4 is 19.8 Å². The number of carbonyl (C=O) groups excluding carboxylic acids is 2. The molecule has 12 heteroatoms. The molecular formula is C43H80NO10P. The van der Waals surface area contributed by atoms with Gasteiger partial charge < -0.3 is 30.3 Å². The second-order valence-corrected chi connectivity index (χ2v) is 16.0. The van der Waals surface area contributed by atoms with E-state index in [-0.39, 0.29) is 32.6 Å². The number of aliphatic hydroxyl groups is 2. The normalized spacial score (nSPS) is 14.8. The van der Waals surface area contributed by atoms with E-state index in [2.05, 4.69) is 44.2 Å². The number of allylic oxidation sites excluding steroid dienone is 5. The molecule has 55 heavy (non-hydrogen) atoms. The van der Waals surface area contributed by atoms with Gasteiger partial charge in [-0.25, -0.2) is 4.57 Å². The average Bonchev–Trinajstić information content (AvgIpc) is 3.17. The van der Waals surface area contributed by atoms with E-state index in [4.69, 9.17) is 24.3 Å². The summed E-state index contributed by atoms with van der Waals surface area (Å²) in [5.74, 6) is -0.949. The number of aliphatic hydroxyl groups excluding tert-OH is 2. The Balaban J connectivity index is 4.29. The van der Waals surface area contributed by atoms with Crippen LogP contribution in [0.3, 0.4) is 0 Å². The highest BCUT2D eigenvalue weighted by Gasteiger charge is 2.26. The van der Waals surface area contributed by atoms with Gasteiger partial charge in [0.1, 0.15) is 6.61 Å². The molecule has 0 saturated heterocycles. The van der Waals surface area contributed by atoms with E-state index < -0.39 is 44.7 Å². The van der Waals surface area contributed by atoms with Crippen molar-refractivity contribution in [2.75, 3.05) is 26.4 Å². The Morgan fingerprint density at radius 1 is 0.618 bits per heavy atom. The Bertz CT molecular complexity index is 1040. The van der Waals surface area contributed by atoms with Crippen LogP contribution in [-0.4, -0.2) is 71.7 Å². The first-order valence-corrected chi connectivity index (χ1v) is 23.1. The third-order valence-electron chi connectivity index (χ3n) is 9.20. The van der Waals surface area contributed by atoms with Crippen LogP contribution in [0.2, 0.25) is 0 Å². The zero-order valence-electron chi connectivity index (χ0n) is 34.6. The number of nitrogens with two attached hydrogens (primary N) is 1. The fourth-order valence-electron chi connectivity index (χ4n) is 5.80. The van der Waals surface area contributed by atoms with Gasteiger partial charge in [-0.15, -0.1) is 0 Å². The molecule has 0 radical (unpaired) electrons. The molecule has 0 saturated carbocycles. The minimum absolute atomic E-state index is 0.0263. The minimum atomic E-state index is -4.42. The first kappa shape index (κ1) is 53.1. The molecule has 0 aromatic carbocycles. The monoisotopic (exact) mass is 802 g/mol. The molecule has 0 aliphatic rings. The highest BCUT2D eigenvalue weighted by Crippen LogP contribution is 2.43. The first-order valence-electron chi connectivity index (χ1n) is 21.6. The van der Waals surface area contributed by atoms with Crippen molar-refractivity contribution in [1.29, 1.82) is 0 Å². The molecular weight excluding hydrogens is 721 g/mol. The highest BCUT2D eigenvalue weighted by molar-refractivity contribution is 7.47. The van der Waals surface area contributed by atoms with Crippen molar-refractivity contribution in [3.63, 3.8) is 0 Å². The van der Waals surface area contributed by atoms with E-state index >= 15 is 0 Å². The van der Waals surface area contributed by atoms with Crippen LogP contribution in [0, 0.1) is 0 Å². The molecule has 0 aromatic heterocycles. The number of phosphoric ester groups is 1. The highest BCUT2D eigenvalue weighted by atomic mass is 31.2. The Hall–Kier alpha value is -1.85. The molecule has 5 N–H and O–H groups in total. The molecule has 0 spiro atoms. The fourth-order valence-corrected chi connectivity index (χ4v) is 6.57. The van der Waals surface area contributed by atoms with Crippen LogP contribution in [-0.2, 0) is 32.7 Å². The Labute approximate surface area is 334 Å². The van der Waals surface area contributed by atoms with Crippen LogP contribution in [0.5, 0.6) is 0 Å². The van der Waals surface area contributed by atoms with E-state index in [1.807, 2.05) is 6.08 Å². The predicted octanol–water partition coefficient (Wildman–Crippen LogP) is 10.1. The zero-order valence-corrected chi connectivity index (χ0v) is 35.5. The van der Waals surface area contributed by atoms with E-state index in [9.17, 15) is 29.3 Å². The van der Waals surface area contributed by atoms with Crippen molar-refractivity contribution < 1.29 is 47.8 Å². The summed E-state index contributed by atoms with van der Waals surface area (Å²) in [6.45, 7) is 3.46. The number of hydrogen-bond donors (Lipinski definition) is 4. The predicted molar refractivity (Wildman–Crippen MR) is 222 cm³/mol. The average molecular weight is 802 g/mol. The van der Waals surface area contributed by atoms with Gasteiger partial charge in [0.05, 0.1) is 25.4 Å². The summed E-state index contributed by atoms with van der Waals surface area (Å²) in [5.41, 5.74) is 5.33. The topological polar surface area (TPSA) is 175 Å². The molecule has 0 aliphatic heterocycles. The van der Waals surface area contributed by atoms with Gasteiger partial charge in [-0.2, -0.15) is 0 Å². The molecule has 0 rings (SSSR count). The van der Waals surface area contributed by atoms with Crippen molar-refractivity contribution in [1.82, 2.24) is 0 Å². The van der Waals surface area contributed by atoms with E-state index in [0.29, 0.717) is 25.7 Å². The lowest BCUT2D eigenvalue weighted by Crippen LogP contribution is -2.29. The molecule has 322 valence electrons. The molecule has 11 nitrogen and oxygen atoms in total. The standard InChI is InChI=1S/C43H80NO10P/c1-3-5-7-9-11-12-13-14-15-16-17-18-19-20-21-25-29-33-42(47)51-37-39(38-53-55(49,50)52-36-35-44)54-43(48)34-30-26-22-24-28-32-41(46)40(45)31-27-23-10-8-6-4-2/h11-12,14-15,23,27,39-41,45-46H,3-10,13,16-22,24-26,28-38,44H2,1-2H3,(H,49,50)/b12-11-,15-14-,27-23-/t39-,40+,41+/m1/s1. The van der Waals surface area contributed by atoms with Gasteiger partial charge in [-0.05, 0) is 70.6 Å². The number of phosphoric acid groups is 1. The number of esters is 2. The third kappa shape index (κ3) is 37.5. The summed E-state index contributed by atoms with van der Waals surface area (Å²) in [6.07, 6.45) is 34.8. The van der Waals surface area contributed by atoms with Crippen LogP contribution in [0.1, 0.15) is 181 Å². The molecule has 0 aromatic rings.